The quantitative estimate of drug-likeness (QED) is 0.452. The van der Waals surface area contributed by atoms with Gasteiger partial charge in [-0.1, -0.05) is 37.3 Å². The molecule has 0 aliphatic rings. The van der Waals surface area contributed by atoms with E-state index >= 15 is 0 Å². The van der Waals surface area contributed by atoms with E-state index in [2.05, 4.69) is 5.32 Å². The third-order valence-electron chi connectivity index (χ3n) is 6.00. The highest BCUT2D eigenvalue weighted by Gasteiger charge is 2.27. The van der Waals surface area contributed by atoms with Crippen LogP contribution in [0, 0.1) is 0 Å². The lowest BCUT2D eigenvalue weighted by atomic mass is 10.1. The molecule has 2 amide bonds. The fraction of sp³-hybridized carbons (Fsp3) is 0.462. The molecular formula is C26H37N3O5S. The lowest BCUT2D eigenvalue weighted by Gasteiger charge is -2.30. The Morgan fingerprint density at radius 1 is 1.03 bits per heavy atom. The molecule has 0 bridgehead atoms. The summed E-state index contributed by atoms with van der Waals surface area (Å²) in [5, 5.41) is 2.94. The van der Waals surface area contributed by atoms with Gasteiger partial charge in [0, 0.05) is 32.6 Å². The lowest BCUT2D eigenvalue weighted by Crippen LogP contribution is -2.49. The van der Waals surface area contributed by atoms with Gasteiger partial charge in [-0.2, -0.15) is 0 Å². The number of methoxy groups -OCH3 is 1. The molecule has 35 heavy (non-hydrogen) atoms. The van der Waals surface area contributed by atoms with Gasteiger partial charge in [0.05, 0.1) is 12.0 Å². The van der Waals surface area contributed by atoms with Crippen molar-refractivity contribution in [2.45, 2.75) is 63.6 Å². The van der Waals surface area contributed by atoms with Crippen molar-refractivity contribution >= 4 is 21.8 Å². The van der Waals surface area contributed by atoms with Gasteiger partial charge in [0.1, 0.15) is 11.8 Å². The fourth-order valence-corrected chi connectivity index (χ4v) is 4.70. The largest absolute Gasteiger partial charge is 0.497 e. The van der Waals surface area contributed by atoms with E-state index in [1.165, 1.54) is 11.4 Å². The van der Waals surface area contributed by atoms with E-state index in [-0.39, 0.29) is 42.3 Å². The first-order chi connectivity index (χ1) is 16.6. The Labute approximate surface area is 209 Å². The summed E-state index contributed by atoms with van der Waals surface area (Å²) in [5.41, 5.74) is 0.867. The summed E-state index contributed by atoms with van der Waals surface area (Å²) in [6.07, 6.45) is 1.24. The normalized spacial score (nSPS) is 13.2. The van der Waals surface area contributed by atoms with Crippen LogP contribution in [0.4, 0.5) is 0 Å². The maximum Gasteiger partial charge on any atom is 0.242 e. The highest BCUT2D eigenvalue weighted by Crippen LogP contribution is 2.17. The molecule has 0 fully saturated rings. The van der Waals surface area contributed by atoms with Crippen LogP contribution in [0.25, 0.3) is 0 Å². The number of ether oxygens (including phenoxy) is 1. The van der Waals surface area contributed by atoms with Gasteiger partial charge in [0.15, 0.2) is 0 Å². The van der Waals surface area contributed by atoms with Gasteiger partial charge in [-0.15, -0.1) is 0 Å². The first-order valence-corrected chi connectivity index (χ1v) is 13.3. The average molecular weight is 504 g/mol. The maximum absolute atomic E-state index is 13.2. The molecule has 8 nitrogen and oxygen atoms in total. The van der Waals surface area contributed by atoms with Gasteiger partial charge in [-0.25, -0.2) is 12.7 Å². The molecule has 0 radical (unpaired) electrons. The highest BCUT2D eigenvalue weighted by atomic mass is 32.2. The summed E-state index contributed by atoms with van der Waals surface area (Å²) in [5.74, 6) is 0.278. The molecule has 2 aromatic rings. The highest BCUT2D eigenvalue weighted by molar-refractivity contribution is 7.89. The predicted molar refractivity (Wildman–Crippen MR) is 136 cm³/mol. The molecule has 192 valence electrons. The van der Waals surface area contributed by atoms with Crippen LogP contribution < -0.4 is 10.1 Å². The number of benzene rings is 2. The average Bonchev–Trinajstić information content (AvgIpc) is 2.87. The third-order valence-corrected chi connectivity index (χ3v) is 7.87. The van der Waals surface area contributed by atoms with E-state index in [1.807, 2.05) is 38.1 Å². The van der Waals surface area contributed by atoms with Gasteiger partial charge < -0.3 is 15.0 Å². The van der Waals surface area contributed by atoms with Gasteiger partial charge in [-0.3, -0.25) is 9.59 Å². The molecule has 0 spiro atoms. The van der Waals surface area contributed by atoms with Crippen LogP contribution >= 0.6 is 0 Å². The minimum absolute atomic E-state index is 0.000249. The molecular weight excluding hydrogens is 466 g/mol. The number of sulfonamides is 1. The summed E-state index contributed by atoms with van der Waals surface area (Å²) in [4.78, 5) is 27.8. The van der Waals surface area contributed by atoms with Crippen molar-refractivity contribution < 1.29 is 22.7 Å². The topological polar surface area (TPSA) is 96.0 Å². The minimum Gasteiger partial charge on any atom is -0.497 e. The van der Waals surface area contributed by atoms with Crippen molar-refractivity contribution in [2.75, 3.05) is 20.7 Å². The lowest BCUT2D eigenvalue weighted by molar-refractivity contribution is -0.141. The Morgan fingerprint density at radius 2 is 1.66 bits per heavy atom. The number of carbonyl (C=O) groups is 2. The monoisotopic (exact) mass is 503 g/mol. The molecule has 2 atom stereocenters. The number of hydrogen-bond donors (Lipinski definition) is 1. The van der Waals surface area contributed by atoms with Crippen LogP contribution in [-0.2, 0) is 26.2 Å². The molecule has 2 rings (SSSR count). The molecule has 0 aliphatic heterocycles. The molecule has 9 heteroatoms. The molecule has 0 saturated carbocycles. The van der Waals surface area contributed by atoms with Crippen molar-refractivity contribution in [3.63, 3.8) is 0 Å². The first kappa shape index (κ1) is 28.3. The molecule has 0 saturated heterocycles. The standard InChI is InChI=1S/C26H37N3O5S/c1-6-20(2)27-26(31)21(3)29(19-22-14-16-23(34-5)17-15-22)25(30)13-10-18-28(4)35(32,33)24-11-8-7-9-12-24/h7-9,11-12,14-17,20-21H,6,10,13,18-19H2,1-5H3,(H,27,31). The Hall–Kier alpha value is -2.91. The smallest absolute Gasteiger partial charge is 0.242 e. The van der Waals surface area contributed by atoms with Crippen molar-refractivity contribution in [3.05, 3.63) is 60.2 Å². The Kier molecular flexibility index (Phi) is 10.7. The molecule has 0 aromatic heterocycles. The summed E-state index contributed by atoms with van der Waals surface area (Å²) in [6.45, 7) is 6.06. The predicted octanol–water partition coefficient (Wildman–Crippen LogP) is 3.43. The van der Waals surface area contributed by atoms with Crippen LogP contribution in [0.15, 0.2) is 59.5 Å². The maximum atomic E-state index is 13.2. The van der Waals surface area contributed by atoms with Crippen LogP contribution in [0.2, 0.25) is 0 Å². The molecule has 2 aromatic carbocycles. The number of hydrogen-bond acceptors (Lipinski definition) is 5. The van der Waals surface area contributed by atoms with E-state index in [1.54, 1.807) is 49.3 Å². The number of nitrogens with one attached hydrogen (secondary N) is 1. The number of amides is 2. The summed E-state index contributed by atoms with van der Waals surface area (Å²) in [7, 11) is -0.538. The van der Waals surface area contributed by atoms with Crippen molar-refractivity contribution in [2.24, 2.45) is 0 Å². The Balaban J connectivity index is 2.09. The van der Waals surface area contributed by atoms with E-state index < -0.39 is 16.1 Å². The van der Waals surface area contributed by atoms with Gasteiger partial charge >= 0.3 is 0 Å². The van der Waals surface area contributed by atoms with Crippen molar-refractivity contribution in [1.82, 2.24) is 14.5 Å². The second-order valence-electron chi connectivity index (χ2n) is 8.61. The zero-order valence-electron chi connectivity index (χ0n) is 21.2. The van der Waals surface area contributed by atoms with Crippen molar-refractivity contribution in [1.29, 1.82) is 0 Å². The SMILES string of the molecule is CCC(C)NC(=O)C(C)N(Cc1ccc(OC)cc1)C(=O)CCCN(C)S(=O)(=O)c1ccccc1. The molecule has 2 unspecified atom stereocenters. The second kappa shape index (κ2) is 13.3. The first-order valence-electron chi connectivity index (χ1n) is 11.8. The minimum atomic E-state index is -3.63. The third kappa shape index (κ3) is 8.07. The number of rotatable bonds is 13. The zero-order valence-corrected chi connectivity index (χ0v) is 22.0. The van der Waals surface area contributed by atoms with Crippen LogP contribution in [-0.4, -0.2) is 62.2 Å². The van der Waals surface area contributed by atoms with Gasteiger partial charge in [-0.05, 0) is 56.5 Å². The Bertz CT molecular complexity index is 1060. The van der Waals surface area contributed by atoms with Crippen molar-refractivity contribution in [3.8, 4) is 5.75 Å². The number of carbonyl (C=O) groups excluding carboxylic acids is 2. The summed E-state index contributed by atoms with van der Waals surface area (Å²) in [6, 6.07) is 14.9. The van der Waals surface area contributed by atoms with Gasteiger partial charge in [0.2, 0.25) is 21.8 Å². The molecule has 1 N–H and O–H groups in total. The van der Waals surface area contributed by atoms with Crippen LogP contribution in [0.3, 0.4) is 0 Å². The van der Waals surface area contributed by atoms with Crippen LogP contribution in [0.5, 0.6) is 5.75 Å². The van der Waals surface area contributed by atoms with E-state index in [0.29, 0.717) is 12.2 Å². The number of nitrogens with zero attached hydrogens (tertiary/aromatic N) is 2. The summed E-state index contributed by atoms with van der Waals surface area (Å²) >= 11 is 0. The summed E-state index contributed by atoms with van der Waals surface area (Å²) < 4.78 is 31.9. The van der Waals surface area contributed by atoms with E-state index in [4.69, 9.17) is 4.74 Å². The molecule has 0 heterocycles. The second-order valence-corrected chi connectivity index (χ2v) is 10.7. The van der Waals surface area contributed by atoms with Gasteiger partial charge in [0.25, 0.3) is 0 Å². The van der Waals surface area contributed by atoms with Crippen LogP contribution in [0.1, 0.15) is 45.6 Å². The van der Waals surface area contributed by atoms with E-state index in [0.717, 1.165) is 12.0 Å². The Morgan fingerprint density at radius 3 is 2.23 bits per heavy atom. The molecule has 0 aliphatic carbocycles. The zero-order chi connectivity index (χ0) is 26.0. The fourth-order valence-electron chi connectivity index (χ4n) is 3.46. The van der Waals surface area contributed by atoms with E-state index in [9.17, 15) is 18.0 Å².